The third kappa shape index (κ3) is 6.99. The number of carbonyl (C=O) groups is 4. The molecule has 276 valence electrons. The summed E-state index contributed by atoms with van der Waals surface area (Å²) >= 11 is 0. The molecule has 2 heterocycles. The first-order chi connectivity index (χ1) is 24.6. The molecule has 0 aliphatic heterocycles. The van der Waals surface area contributed by atoms with E-state index in [-0.39, 0.29) is 45.2 Å². The van der Waals surface area contributed by atoms with Gasteiger partial charge in [0.2, 0.25) is 0 Å². The topological polar surface area (TPSA) is 129 Å². The third-order valence-corrected chi connectivity index (χ3v) is 8.94. The van der Waals surface area contributed by atoms with Crippen LogP contribution < -0.4 is 0 Å². The number of Topliss-reactive ketones (excluding diaryl/α,β-unsaturated/α-hetero) is 3. The van der Waals surface area contributed by atoms with Crippen molar-refractivity contribution in [3.05, 3.63) is 118 Å². The quantitative estimate of drug-likeness (QED) is 0.117. The van der Waals surface area contributed by atoms with Gasteiger partial charge in [0, 0.05) is 30.4 Å². The fourth-order valence-electron chi connectivity index (χ4n) is 6.11. The predicted molar refractivity (Wildman–Crippen MR) is 178 cm³/mol. The molecule has 0 radical (unpaired) electrons. The zero-order valence-corrected chi connectivity index (χ0v) is 29.2. The van der Waals surface area contributed by atoms with E-state index in [9.17, 15) is 45.5 Å². The number of ketones is 3. The van der Waals surface area contributed by atoms with Crippen molar-refractivity contribution in [1.82, 2.24) is 19.9 Å². The van der Waals surface area contributed by atoms with Crippen molar-refractivity contribution in [3.63, 3.8) is 0 Å². The number of nitrogens with zero attached hydrogens (tertiary/aromatic N) is 4. The van der Waals surface area contributed by atoms with Crippen LogP contribution in [0.2, 0.25) is 0 Å². The predicted octanol–water partition coefficient (Wildman–Crippen LogP) is 7.75. The molecule has 1 unspecified atom stereocenters. The number of hydrogen-bond donors (Lipinski definition) is 0. The van der Waals surface area contributed by atoms with E-state index in [0.717, 1.165) is 12.1 Å². The molecule has 6 rings (SSSR count). The van der Waals surface area contributed by atoms with Crippen molar-refractivity contribution in [1.29, 1.82) is 0 Å². The third-order valence-electron chi connectivity index (χ3n) is 8.94. The zero-order chi connectivity index (χ0) is 39.3. The summed E-state index contributed by atoms with van der Waals surface area (Å²) < 4.78 is 86.3. The fraction of sp³-hybridized carbons (Fsp3) is 0.316. The Bertz CT molecular complexity index is 2170. The second-order valence-corrected chi connectivity index (χ2v) is 13.7. The number of allylic oxidation sites excluding steroid dienone is 1. The Morgan fingerprint density at radius 1 is 0.698 bits per heavy atom. The number of carbonyl (C=O) groups excluding carboxylic acids is 4. The molecule has 1 atom stereocenters. The number of hydrogen-bond acceptors (Lipinski definition) is 9. The van der Waals surface area contributed by atoms with Crippen molar-refractivity contribution in [2.75, 3.05) is 0 Å². The number of fused-ring (bicyclic) bond motifs is 2. The van der Waals surface area contributed by atoms with Gasteiger partial charge in [-0.05, 0) is 45.4 Å². The molecule has 0 bridgehead atoms. The van der Waals surface area contributed by atoms with E-state index in [1.165, 1.54) is 61.2 Å². The van der Waals surface area contributed by atoms with Gasteiger partial charge in [-0.25, -0.2) is 9.97 Å². The summed E-state index contributed by atoms with van der Waals surface area (Å²) in [5.41, 5.74) is -5.01. The maximum Gasteiger partial charge on any atom is 0.417 e. The molecule has 15 heteroatoms. The average molecular weight is 739 g/mol. The number of alkyl halides is 6. The molecule has 0 N–H and O–H groups in total. The molecular formula is C38H32F6N4O5. The number of esters is 1. The van der Waals surface area contributed by atoms with Gasteiger partial charge < -0.3 is 4.74 Å². The molecule has 4 aromatic rings. The van der Waals surface area contributed by atoms with Crippen molar-refractivity contribution < 1.29 is 50.3 Å². The Balaban J connectivity index is 0.000000208. The van der Waals surface area contributed by atoms with E-state index in [1.807, 2.05) is 0 Å². The number of aromatic nitrogens is 4. The zero-order valence-electron chi connectivity index (χ0n) is 29.2. The molecule has 9 nitrogen and oxygen atoms in total. The van der Waals surface area contributed by atoms with Crippen molar-refractivity contribution >= 4 is 34.7 Å². The lowest BCUT2D eigenvalue weighted by Crippen LogP contribution is -2.44. The van der Waals surface area contributed by atoms with Crippen molar-refractivity contribution in [3.8, 4) is 0 Å². The SMILES string of the molecule is CC(C)C(=O)OC1=C(c2ccccc2C(F)(F)F)C(=O)C(C)(C)c2nccnc21.CC1(C)C(=O)C(c2ccccc2C(F)(F)F)C(=O)c2nccnc21. The second kappa shape index (κ2) is 13.7. The van der Waals surface area contributed by atoms with E-state index >= 15 is 0 Å². The smallest absolute Gasteiger partial charge is 0.417 e. The maximum atomic E-state index is 13.7. The molecule has 53 heavy (non-hydrogen) atoms. The van der Waals surface area contributed by atoms with Gasteiger partial charge in [-0.2, -0.15) is 26.3 Å². The number of halogens is 6. The Morgan fingerprint density at radius 3 is 1.75 bits per heavy atom. The molecule has 0 spiro atoms. The Hall–Kier alpha value is -5.60. The van der Waals surface area contributed by atoms with Crippen LogP contribution in [0.5, 0.6) is 0 Å². The second-order valence-electron chi connectivity index (χ2n) is 13.7. The first kappa shape index (κ1) is 38.6. The number of ether oxygens (including phenoxy) is 1. The largest absolute Gasteiger partial charge is 0.423 e. The van der Waals surface area contributed by atoms with Crippen LogP contribution in [0.3, 0.4) is 0 Å². The van der Waals surface area contributed by atoms with Crippen LogP contribution in [0.25, 0.3) is 11.3 Å². The van der Waals surface area contributed by atoms with E-state index < -0.39 is 69.5 Å². The van der Waals surface area contributed by atoms with Gasteiger partial charge in [0.05, 0.1) is 44.8 Å². The average Bonchev–Trinajstić information content (AvgIpc) is 3.10. The summed E-state index contributed by atoms with van der Waals surface area (Å²) in [5, 5.41) is 0. The molecule has 0 saturated carbocycles. The molecule has 0 amide bonds. The Kier molecular flexibility index (Phi) is 10.0. The van der Waals surface area contributed by atoms with Gasteiger partial charge in [-0.1, -0.05) is 50.2 Å². The Morgan fingerprint density at radius 2 is 1.19 bits per heavy atom. The van der Waals surface area contributed by atoms with Gasteiger partial charge in [-0.3, -0.25) is 29.1 Å². The molecule has 0 fully saturated rings. The van der Waals surface area contributed by atoms with Crippen LogP contribution in [0.15, 0.2) is 73.3 Å². The molecule has 2 aliphatic carbocycles. The van der Waals surface area contributed by atoms with Crippen LogP contribution in [-0.2, 0) is 42.3 Å². The van der Waals surface area contributed by atoms with Crippen LogP contribution in [0.4, 0.5) is 26.3 Å². The monoisotopic (exact) mass is 738 g/mol. The van der Waals surface area contributed by atoms with Gasteiger partial charge >= 0.3 is 18.3 Å². The summed E-state index contributed by atoms with van der Waals surface area (Å²) in [6.45, 7) is 9.36. The molecule has 0 saturated heterocycles. The fourth-order valence-corrected chi connectivity index (χ4v) is 6.11. The van der Waals surface area contributed by atoms with Crippen LogP contribution in [-0.4, -0.2) is 43.3 Å². The van der Waals surface area contributed by atoms with E-state index in [0.29, 0.717) is 0 Å². The van der Waals surface area contributed by atoms with Crippen LogP contribution in [0, 0.1) is 5.92 Å². The first-order valence-electron chi connectivity index (χ1n) is 16.2. The van der Waals surface area contributed by atoms with Gasteiger partial charge in [0.1, 0.15) is 17.3 Å². The van der Waals surface area contributed by atoms with E-state index in [2.05, 4.69) is 19.9 Å². The van der Waals surface area contributed by atoms with Gasteiger partial charge in [0.15, 0.2) is 23.1 Å². The minimum atomic E-state index is -4.70. The van der Waals surface area contributed by atoms with E-state index in [4.69, 9.17) is 4.74 Å². The normalized spacial score (nSPS) is 17.8. The lowest BCUT2D eigenvalue weighted by Gasteiger charge is -2.33. The lowest BCUT2D eigenvalue weighted by atomic mass is 9.68. The first-order valence-corrected chi connectivity index (χ1v) is 16.2. The summed E-state index contributed by atoms with van der Waals surface area (Å²) in [6.07, 6.45) is -4.01. The summed E-state index contributed by atoms with van der Waals surface area (Å²) in [7, 11) is 0. The highest BCUT2D eigenvalue weighted by Gasteiger charge is 2.51. The van der Waals surface area contributed by atoms with Gasteiger partial charge in [0.25, 0.3) is 0 Å². The maximum absolute atomic E-state index is 13.7. The lowest BCUT2D eigenvalue weighted by molar-refractivity contribution is -0.140. The minimum absolute atomic E-state index is 0.0518. The standard InChI is InChI=1S/C21H19F3N2O3.C17H13F3N2O2/c1-11(2)19(28)29-16-14(12-7-5-6-8-13(12)21(22,23)24)18(27)20(3,4)17-15(16)25-9-10-26-17;1-16(2)14-12(21-7-8-22-14)13(23)11(15(16)24)9-5-3-4-6-10(9)17(18,19)20/h5-11H,1-4H3;3-8,11H,1-2H3. The highest BCUT2D eigenvalue weighted by atomic mass is 19.4. The molecular weight excluding hydrogens is 706 g/mol. The van der Waals surface area contributed by atoms with Crippen LogP contribution >= 0.6 is 0 Å². The molecule has 2 aromatic carbocycles. The summed E-state index contributed by atoms with van der Waals surface area (Å²) in [5.74, 6) is -5.09. The molecule has 2 aromatic heterocycles. The minimum Gasteiger partial charge on any atom is -0.423 e. The van der Waals surface area contributed by atoms with Gasteiger partial charge in [-0.15, -0.1) is 0 Å². The van der Waals surface area contributed by atoms with Crippen LogP contribution in [0.1, 0.15) is 97.3 Å². The van der Waals surface area contributed by atoms with Crippen molar-refractivity contribution in [2.24, 2.45) is 5.92 Å². The molecule has 2 aliphatic rings. The highest BCUT2D eigenvalue weighted by Crippen LogP contribution is 2.46. The number of benzene rings is 2. The highest BCUT2D eigenvalue weighted by molar-refractivity contribution is 6.33. The van der Waals surface area contributed by atoms with E-state index in [1.54, 1.807) is 41.5 Å². The summed E-state index contributed by atoms with van der Waals surface area (Å²) in [4.78, 5) is 67.6. The number of rotatable bonds is 4. The Labute approximate surface area is 299 Å². The van der Waals surface area contributed by atoms with Crippen molar-refractivity contribution in [2.45, 2.75) is 70.6 Å². The summed E-state index contributed by atoms with van der Waals surface area (Å²) in [6, 6.07) is 9.35.